The standard InChI is InChI=1S/C19H22BrN7O3/c1-11-16(30-13-5-3-4-12(8-13)19(28)29)7-6-14(21-11)18-15(26(2)24-23-18)9-27-10-17(20)22-25-27/h6-7,10,12-13H,3-5,8-9H2,1-2H3,(H,28,29)/t12-,13?/m0/s1. The lowest BCUT2D eigenvalue weighted by Crippen LogP contribution is -2.29. The number of nitrogens with zero attached hydrogens (tertiary/aromatic N) is 7. The van der Waals surface area contributed by atoms with Crippen molar-refractivity contribution in [2.45, 2.75) is 45.3 Å². The second kappa shape index (κ2) is 8.50. The summed E-state index contributed by atoms with van der Waals surface area (Å²) in [5.74, 6) is -0.418. The van der Waals surface area contributed by atoms with Crippen molar-refractivity contribution in [2.75, 3.05) is 0 Å². The molecule has 1 fully saturated rings. The van der Waals surface area contributed by atoms with Gasteiger partial charge in [0.15, 0.2) is 0 Å². The average Bonchev–Trinajstić information content (AvgIpc) is 3.29. The average molecular weight is 476 g/mol. The predicted octanol–water partition coefficient (Wildman–Crippen LogP) is 2.61. The number of carboxylic acid groups (broad SMARTS) is 1. The predicted molar refractivity (Wildman–Crippen MR) is 110 cm³/mol. The van der Waals surface area contributed by atoms with E-state index in [1.165, 1.54) is 0 Å². The lowest BCUT2D eigenvalue weighted by atomic mass is 9.87. The van der Waals surface area contributed by atoms with E-state index in [1.54, 1.807) is 15.6 Å². The summed E-state index contributed by atoms with van der Waals surface area (Å²) in [6.07, 6.45) is 4.62. The Morgan fingerprint density at radius 2 is 2.13 bits per heavy atom. The summed E-state index contributed by atoms with van der Waals surface area (Å²) in [4.78, 5) is 16.0. The highest BCUT2D eigenvalue weighted by molar-refractivity contribution is 9.10. The van der Waals surface area contributed by atoms with Crippen LogP contribution in [0, 0.1) is 12.8 Å². The Morgan fingerprint density at radius 1 is 1.30 bits per heavy atom. The van der Waals surface area contributed by atoms with Gasteiger partial charge in [0.25, 0.3) is 0 Å². The van der Waals surface area contributed by atoms with E-state index in [-0.39, 0.29) is 12.0 Å². The van der Waals surface area contributed by atoms with E-state index in [9.17, 15) is 9.90 Å². The van der Waals surface area contributed by atoms with Crippen molar-refractivity contribution < 1.29 is 14.6 Å². The molecule has 3 heterocycles. The van der Waals surface area contributed by atoms with Gasteiger partial charge in [0, 0.05) is 7.05 Å². The first-order valence-electron chi connectivity index (χ1n) is 9.72. The van der Waals surface area contributed by atoms with Crippen LogP contribution >= 0.6 is 15.9 Å². The largest absolute Gasteiger partial charge is 0.489 e. The van der Waals surface area contributed by atoms with E-state index in [2.05, 4.69) is 41.5 Å². The molecule has 1 aliphatic rings. The van der Waals surface area contributed by atoms with Gasteiger partial charge < -0.3 is 9.84 Å². The van der Waals surface area contributed by atoms with Crippen LogP contribution in [0.15, 0.2) is 22.9 Å². The first kappa shape index (κ1) is 20.5. The molecule has 3 aromatic heterocycles. The van der Waals surface area contributed by atoms with Crippen molar-refractivity contribution in [3.05, 3.63) is 34.3 Å². The maximum atomic E-state index is 11.3. The number of pyridine rings is 1. The molecule has 3 aromatic rings. The summed E-state index contributed by atoms with van der Waals surface area (Å²) in [5, 5.41) is 25.7. The minimum atomic E-state index is -0.747. The molecule has 30 heavy (non-hydrogen) atoms. The van der Waals surface area contributed by atoms with Crippen LogP contribution in [-0.2, 0) is 18.4 Å². The second-order valence-electron chi connectivity index (χ2n) is 7.47. The number of carboxylic acids is 1. The third-order valence-electron chi connectivity index (χ3n) is 5.31. The number of aromatic nitrogens is 7. The fourth-order valence-corrected chi connectivity index (χ4v) is 4.03. The minimum Gasteiger partial charge on any atom is -0.489 e. The van der Waals surface area contributed by atoms with Crippen LogP contribution in [0.3, 0.4) is 0 Å². The number of rotatable bonds is 6. The van der Waals surface area contributed by atoms with Gasteiger partial charge in [-0.1, -0.05) is 10.4 Å². The normalized spacial score (nSPS) is 19.0. The molecule has 2 atom stereocenters. The summed E-state index contributed by atoms with van der Waals surface area (Å²) < 4.78 is 10.1. The number of hydrogen-bond acceptors (Lipinski definition) is 7. The Morgan fingerprint density at radius 3 is 2.83 bits per heavy atom. The Labute approximate surface area is 181 Å². The van der Waals surface area contributed by atoms with E-state index < -0.39 is 5.97 Å². The van der Waals surface area contributed by atoms with Gasteiger partial charge in [-0.25, -0.2) is 14.3 Å². The fraction of sp³-hybridized carbons (Fsp3) is 0.474. The highest BCUT2D eigenvalue weighted by Gasteiger charge is 2.28. The van der Waals surface area contributed by atoms with Crippen LogP contribution in [0.4, 0.5) is 0 Å². The maximum Gasteiger partial charge on any atom is 0.306 e. The van der Waals surface area contributed by atoms with Crippen LogP contribution in [0.25, 0.3) is 11.4 Å². The summed E-state index contributed by atoms with van der Waals surface area (Å²) in [5.41, 5.74) is 2.94. The molecule has 158 valence electrons. The highest BCUT2D eigenvalue weighted by Crippen LogP contribution is 2.30. The first-order valence-corrected chi connectivity index (χ1v) is 10.5. The topological polar surface area (TPSA) is 121 Å². The Bertz CT molecular complexity index is 1060. The molecule has 0 amide bonds. The molecule has 4 rings (SSSR count). The highest BCUT2D eigenvalue weighted by atomic mass is 79.9. The number of carbonyl (C=O) groups is 1. The maximum absolute atomic E-state index is 11.3. The van der Waals surface area contributed by atoms with Gasteiger partial charge in [-0.15, -0.1) is 10.2 Å². The second-order valence-corrected chi connectivity index (χ2v) is 8.28. The van der Waals surface area contributed by atoms with E-state index in [1.807, 2.05) is 26.1 Å². The molecule has 1 saturated carbocycles. The zero-order valence-electron chi connectivity index (χ0n) is 16.7. The zero-order valence-corrected chi connectivity index (χ0v) is 18.3. The van der Waals surface area contributed by atoms with Gasteiger partial charge in [-0.05, 0) is 60.7 Å². The lowest BCUT2D eigenvalue weighted by molar-refractivity contribution is -0.143. The Hall–Kier alpha value is -2.82. The summed E-state index contributed by atoms with van der Waals surface area (Å²) in [7, 11) is 1.82. The number of hydrogen-bond donors (Lipinski definition) is 1. The molecule has 0 bridgehead atoms. The quantitative estimate of drug-likeness (QED) is 0.577. The molecule has 0 spiro atoms. The third-order valence-corrected chi connectivity index (χ3v) is 5.68. The molecule has 0 radical (unpaired) electrons. The zero-order chi connectivity index (χ0) is 21.3. The lowest BCUT2D eigenvalue weighted by Gasteiger charge is -2.27. The third kappa shape index (κ3) is 4.35. The number of aryl methyl sites for hydroxylation is 2. The Kier molecular flexibility index (Phi) is 5.80. The summed E-state index contributed by atoms with van der Waals surface area (Å²) in [6, 6.07) is 3.72. The molecular weight excluding hydrogens is 454 g/mol. The van der Waals surface area contributed by atoms with Gasteiger partial charge in [0.05, 0.1) is 41.8 Å². The van der Waals surface area contributed by atoms with Crippen molar-refractivity contribution in [3.63, 3.8) is 0 Å². The summed E-state index contributed by atoms with van der Waals surface area (Å²) in [6.45, 7) is 2.33. The van der Waals surface area contributed by atoms with Crippen molar-refractivity contribution in [1.82, 2.24) is 35.0 Å². The van der Waals surface area contributed by atoms with Crippen LogP contribution in [0.5, 0.6) is 5.75 Å². The van der Waals surface area contributed by atoms with E-state index in [0.717, 1.165) is 24.2 Å². The molecule has 1 N–H and O–H groups in total. The van der Waals surface area contributed by atoms with E-state index >= 15 is 0 Å². The van der Waals surface area contributed by atoms with Crippen molar-refractivity contribution >= 4 is 21.9 Å². The molecule has 0 saturated heterocycles. The van der Waals surface area contributed by atoms with Gasteiger partial charge in [0.2, 0.25) is 0 Å². The summed E-state index contributed by atoms with van der Waals surface area (Å²) >= 11 is 3.30. The molecule has 0 aromatic carbocycles. The molecule has 1 aliphatic carbocycles. The number of halogens is 1. The minimum absolute atomic E-state index is 0.107. The van der Waals surface area contributed by atoms with Crippen molar-refractivity contribution in [2.24, 2.45) is 13.0 Å². The smallest absolute Gasteiger partial charge is 0.306 e. The fourth-order valence-electron chi connectivity index (χ4n) is 3.72. The van der Waals surface area contributed by atoms with Crippen molar-refractivity contribution in [3.8, 4) is 17.1 Å². The molecule has 10 nitrogen and oxygen atoms in total. The van der Waals surface area contributed by atoms with Gasteiger partial charge in [-0.2, -0.15) is 0 Å². The number of ether oxygens (including phenoxy) is 1. The van der Waals surface area contributed by atoms with E-state index in [4.69, 9.17) is 4.74 Å². The Balaban J connectivity index is 1.53. The molecule has 0 aliphatic heterocycles. The molecule has 11 heteroatoms. The SMILES string of the molecule is Cc1nc(-c2nnn(C)c2Cn2cc(Br)nn2)ccc1OC1CCC[C@H](C(=O)O)C1. The van der Waals surface area contributed by atoms with Crippen LogP contribution in [-0.4, -0.2) is 52.2 Å². The van der Waals surface area contributed by atoms with Crippen LogP contribution < -0.4 is 4.74 Å². The van der Waals surface area contributed by atoms with E-state index in [0.29, 0.717) is 41.1 Å². The first-order chi connectivity index (χ1) is 14.4. The monoisotopic (exact) mass is 475 g/mol. The van der Waals surface area contributed by atoms with Crippen LogP contribution in [0.2, 0.25) is 0 Å². The molecule has 1 unspecified atom stereocenters. The van der Waals surface area contributed by atoms with Gasteiger partial charge in [-0.3, -0.25) is 4.79 Å². The van der Waals surface area contributed by atoms with Crippen LogP contribution in [0.1, 0.15) is 37.1 Å². The van der Waals surface area contributed by atoms with Gasteiger partial charge >= 0.3 is 5.97 Å². The number of aliphatic carboxylic acids is 1. The molecular formula is C19H22BrN7O3. The van der Waals surface area contributed by atoms with Crippen molar-refractivity contribution in [1.29, 1.82) is 0 Å². The van der Waals surface area contributed by atoms with Gasteiger partial charge in [0.1, 0.15) is 16.0 Å².